The lowest BCUT2D eigenvalue weighted by molar-refractivity contribution is -0.145. The number of fused-ring (bicyclic) bond motifs is 1. The fourth-order valence-corrected chi connectivity index (χ4v) is 5.54. The summed E-state index contributed by atoms with van der Waals surface area (Å²) < 4.78 is 10.7. The van der Waals surface area contributed by atoms with E-state index in [0.717, 1.165) is 6.42 Å². The molecule has 1 amide bonds. The molecule has 6 atom stereocenters. The van der Waals surface area contributed by atoms with Crippen molar-refractivity contribution in [3.05, 3.63) is 23.2 Å². The second-order valence-electron chi connectivity index (χ2n) is 6.29. The summed E-state index contributed by atoms with van der Waals surface area (Å²) in [6.45, 7) is 0. The average Bonchev–Trinajstić information content (AvgIpc) is 3.11. The van der Waals surface area contributed by atoms with E-state index in [1.54, 1.807) is 18.2 Å². The number of halogens is 2. The van der Waals surface area contributed by atoms with Gasteiger partial charge in [0.25, 0.3) is 0 Å². The first-order valence-electron chi connectivity index (χ1n) is 7.50. The number of carbonyl (C=O) groups is 2. The van der Waals surface area contributed by atoms with Crippen molar-refractivity contribution in [1.29, 1.82) is 0 Å². The minimum Gasteiger partial charge on any atom is -0.495 e. The van der Waals surface area contributed by atoms with Gasteiger partial charge in [0.05, 0.1) is 29.5 Å². The van der Waals surface area contributed by atoms with E-state index in [9.17, 15) is 9.59 Å². The van der Waals surface area contributed by atoms with Gasteiger partial charge in [-0.1, -0.05) is 27.5 Å². The van der Waals surface area contributed by atoms with Crippen LogP contribution in [-0.4, -0.2) is 29.9 Å². The molecule has 1 aliphatic heterocycles. The topological polar surface area (TPSA) is 64.6 Å². The van der Waals surface area contributed by atoms with E-state index >= 15 is 0 Å². The zero-order chi connectivity index (χ0) is 16.3. The number of benzene rings is 1. The highest BCUT2D eigenvalue weighted by Crippen LogP contribution is 2.60. The number of ether oxygens (including phenoxy) is 2. The van der Waals surface area contributed by atoms with Crippen LogP contribution in [0.3, 0.4) is 0 Å². The number of hydrogen-bond donors (Lipinski definition) is 1. The summed E-state index contributed by atoms with van der Waals surface area (Å²) in [5.74, 6) is -0.329. The van der Waals surface area contributed by atoms with Crippen LogP contribution in [0.2, 0.25) is 5.02 Å². The van der Waals surface area contributed by atoms with Crippen molar-refractivity contribution in [2.75, 3.05) is 12.4 Å². The van der Waals surface area contributed by atoms with Crippen molar-refractivity contribution < 1.29 is 19.1 Å². The van der Waals surface area contributed by atoms with Gasteiger partial charge in [-0.3, -0.25) is 9.59 Å². The Hall–Kier alpha value is -1.27. The van der Waals surface area contributed by atoms with Crippen molar-refractivity contribution >= 4 is 45.1 Å². The molecule has 0 aromatic heterocycles. The molecule has 23 heavy (non-hydrogen) atoms. The lowest BCUT2D eigenvalue weighted by atomic mass is 9.79. The molecule has 1 aromatic carbocycles. The zero-order valence-corrected chi connectivity index (χ0v) is 14.6. The molecule has 3 fully saturated rings. The number of nitrogens with one attached hydrogen (secondary N) is 1. The van der Waals surface area contributed by atoms with Crippen molar-refractivity contribution in [3.63, 3.8) is 0 Å². The number of carbonyl (C=O) groups excluding carboxylic acids is 2. The molecule has 1 saturated heterocycles. The Morgan fingerprint density at radius 2 is 2.22 bits per heavy atom. The second kappa shape index (κ2) is 5.38. The minimum atomic E-state index is -0.376. The van der Waals surface area contributed by atoms with Crippen LogP contribution in [0.25, 0.3) is 0 Å². The smallest absolute Gasteiger partial charge is 0.310 e. The Morgan fingerprint density at radius 1 is 1.43 bits per heavy atom. The van der Waals surface area contributed by atoms with Gasteiger partial charge in [-0.15, -0.1) is 0 Å². The summed E-state index contributed by atoms with van der Waals surface area (Å²) in [6.07, 6.45) is 0.768. The van der Waals surface area contributed by atoms with Crippen LogP contribution < -0.4 is 10.1 Å². The molecule has 1 N–H and O–H groups in total. The lowest BCUT2D eigenvalue weighted by Crippen LogP contribution is -2.40. The Morgan fingerprint density at radius 3 is 2.96 bits per heavy atom. The molecule has 2 saturated carbocycles. The third kappa shape index (κ3) is 2.18. The van der Waals surface area contributed by atoms with Crippen molar-refractivity contribution in [3.8, 4) is 5.75 Å². The van der Waals surface area contributed by atoms with E-state index in [-0.39, 0.29) is 46.5 Å². The molecule has 3 aliphatic rings. The highest BCUT2D eigenvalue weighted by molar-refractivity contribution is 9.09. The van der Waals surface area contributed by atoms with E-state index in [2.05, 4.69) is 21.2 Å². The van der Waals surface area contributed by atoms with Crippen LogP contribution >= 0.6 is 27.5 Å². The first kappa shape index (κ1) is 15.3. The van der Waals surface area contributed by atoms with E-state index < -0.39 is 0 Å². The van der Waals surface area contributed by atoms with E-state index in [0.29, 0.717) is 16.5 Å². The second-order valence-corrected chi connectivity index (χ2v) is 7.79. The van der Waals surface area contributed by atoms with E-state index in [1.807, 2.05) is 0 Å². The maximum absolute atomic E-state index is 12.8. The molecule has 4 rings (SSSR count). The van der Waals surface area contributed by atoms with E-state index in [4.69, 9.17) is 21.1 Å². The number of alkyl halides is 1. The highest BCUT2D eigenvalue weighted by Gasteiger charge is 2.67. The maximum atomic E-state index is 12.8. The molecular formula is C16H15BrClNO4. The van der Waals surface area contributed by atoms with Crippen LogP contribution in [0.15, 0.2) is 18.2 Å². The minimum absolute atomic E-state index is 0.0483. The third-order valence-corrected chi connectivity index (χ3v) is 6.68. The third-order valence-electron chi connectivity index (χ3n) is 5.25. The molecule has 122 valence electrons. The largest absolute Gasteiger partial charge is 0.495 e. The first-order chi connectivity index (χ1) is 11.0. The summed E-state index contributed by atoms with van der Waals surface area (Å²) in [4.78, 5) is 25.0. The van der Waals surface area contributed by atoms with Crippen LogP contribution in [0.5, 0.6) is 5.75 Å². The van der Waals surface area contributed by atoms with Crippen LogP contribution in [0.4, 0.5) is 5.69 Å². The number of hydrogen-bond acceptors (Lipinski definition) is 4. The summed E-state index contributed by atoms with van der Waals surface area (Å²) >= 11 is 9.61. The molecule has 2 aliphatic carbocycles. The quantitative estimate of drug-likeness (QED) is 0.626. The number of methoxy groups -OCH3 is 1. The van der Waals surface area contributed by atoms with Gasteiger partial charge in [-0.25, -0.2) is 0 Å². The molecule has 1 heterocycles. The number of amides is 1. The Labute approximate surface area is 146 Å². The molecule has 5 nitrogen and oxygen atoms in total. The molecule has 0 unspecified atom stereocenters. The fourth-order valence-electron chi connectivity index (χ4n) is 4.32. The summed E-state index contributed by atoms with van der Waals surface area (Å²) in [5.41, 5.74) is 0.516. The van der Waals surface area contributed by atoms with Gasteiger partial charge in [0, 0.05) is 10.9 Å². The molecule has 1 aromatic rings. The number of esters is 1. The van der Waals surface area contributed by atoms with Crippen molar-refractivity contribution in [2.45, 2.75) is 17.4 Å². The predicted molar refractivity (Wildman–Crippen MR) is 87.8 cm³/mol. The first-order valence-corrected chi connectivity index (χ1v) is 8.79. The van der Waals surface area contributed by atoms with Crippen LogP contribution in [0.1, 0.15) is 6.42 Å². The Balaban J connectivity index is 1.61. The Bertz CT molecular complexity index is 697. The van der Waals surface area contributed by atoms with Gasteiger partial charge in [0.15, 0.2) is 0 Å². The summed E-state index contributed by atoms with van der Waals surface area (Å²) in [5, 5.41) is 3.38. The van der Waals surface area contributed by atoms with Crippen molar-refractivity contribution in [1.82, 2.24) is 0 Å². The number of anilines is 1. The Kier molecular flexibility index (Phi) is 3.57. The van der Waals surface area contributed by atoms with Gasteiger partial charge in [0.2, 0.25) is 5.91 Å². The average molecular weight is 401 g/mol. The molecule has 0 radical (unpaired) electrons. The molecule has 7 heteroatoms. The molecule has 0 spiro atoms. The number of rotatable bonds is 3. The highest BCUT2D eigenvalue weighted by atomic mass is 79.9. The van der Waals surface area contributed by atoms with Gasteiger partial charge in [-0.2, -0.15) is 0 Å². The SMILES string of the molecule is COc1ccc(Cl)cc1NC(=O)[C@@H]1[C@H]2C[C@H]3[C@H](OC(=O)[C@@H]31)[C@H]2Br. The van der Waals surface area contributed by atoms with Crippen molar-refractivity contribution in [2.24, 2.45) is 23.7 Å². The zero-order valence-electron chi connectivity index (χ0n) is 12.3. The predicted octanol–water partition coefficient (Wildman–Crippen LogP) is 2.86. The van der Waals surface area contributed by atoms with Gasteiger partial charge in [-0.05, 0) is 30.5 Å². The van der Waals surface area contributed by atoms with Gasteiger partial charge in [0.1, 0.15) is 11.9 Å². The summed E-state index contributed by atoms with van der Waals surface area (Å²) in [7, 11) is 1.53. The summed E-state index contributed by atoms with van der Waals surface area (Å²) in [6, 6.07) is 5.04. The van der Waals surface area contributed by atoms with Gasteiger partial charge < -0.3 is 14.8 Å². The molecular weight excluding hydrogens is 386 g/mol. The lowest BCUT2D eigenvalue weighted by Gasteiger charge is -2.27. The monoisotopic (exact) mass is 399 g/mol. The molecule has 2 bridgehead atoms. The van der Waals surface area contributed by atoms with Gasteiger partial charge >= 0.3 is 5.97 Å². The van der Waals surface area contributed by atoms with E-state index in [1.165, 1.54) is 7.11 Å². The van der Waals surface area contributed by atoms with Crippen LogP contribution in [-0.2, 0) is 14.3 Å². The fraction of sp³-hybridized carbons (Fsp3) is 0.500. The standard InChI is InChI=1S/C16H15BrClNO4/c1-22-10-3-2-6(18)4-9(10)19-15(20)11-7-5-8-12(11)16(21)23-14(8)13(7)17/h2-4,7-8,11-14H,5H2,1H3,(H,19,20)/t7-,8-,11-,12+,13+,14+/m1/s1. The normalized spacial score (nSPS) is 36.9. The van der Waals surface area contributed by atoms with Crippen LogP contribution in [0, 0.1) is 23.7 Å². The maximum Gasteiger partial charge on any atom is 0.310 e.